The van der Waals surface area contributed by atoms with Crippen molar-refractivity contribution in [3.63, 3.8) is 0 Å². The van der Waals surface area contributed by atoms with Crippen molar-refractivity contribution in [2.24, 2.45) is 23.2 Å². The van der Waals surface area contributed by atoms with Gasteiger partial charge in [0.25, 0.3) is 0 Å². The Morgan fingerprint density at radius 3 is 2.27 bits per heavy atom. The average molecular weight is 581 g/mol. The van der Waals surface area contributed by atoms with E-state index in [4.69, 9.17) is 13.0 Å². The molecule has 0 spiro atoms. The maximum Gasteiger partial charge on any atom is 0.0274 e. The first-order chi connectivity index (χ1) is 21.2. The van der Waals surface area contributed by atoms with Crippen molar-refractivity contribution in [2.45, 2.75) is 91.4 Å². The first-order valence-corrected chi connectivity index (χ1v) is 17.0. The molecule has 0 amide bonds. The molecule has 0 nitrogen and oxygen atoms in total. The number of hydrogen-bond donors (Lipinski definition) is 0. The summed E-state index contributed by atoms with van der Waals surface area (Å²) < 4.78 is 0. The van der Waals surface area contributed by atoms with Crippen LogP contribution in [-0.2, 0) is 19.3 Å². The minimum absolute atomic E-state index is 0.311. The lowest BCUT2D eigenvalue weighted by atomic mass is 9.69. The maximum atomic E-state index is 5.88. The van der Waals surface area contributed by atoms with E-state index in [1.54, 1.807) is 0 Å². The van der Waals surface area contributed by atoms with Crippen LogP contribution in [0.1, 0.15) is 106 Å². The van der Waals surface area contributed by atoms with E-state index in [9.17, 15) is 0 Å². The Balaban J connectivity index is 1.27. The van der Waals surface area contributed by atoms with Crippen molar-refractivity contribution in [1.82, 2.24) is 0 Å². The summed E-state index contributed by atoms with van der Waals surface area (Å²) >= 11 is 0. The Morgan fingerprint density at radius 2 is 1.64 bits per heavy atom. The van der Waals surface area contributed by atoms with Crippen molar-refractivity contribution in [2.75, 3.05) is 0 Å². The highest BCUT2D eigenvalue weighted by Crippen LogP contribution is 2.44. The fourth-order valence-electron chi connectivity index (χ4n) is 7.36. The van der Waals surface area contributed by atoms with Crippen LogP contribution in [0.3, 0.4) is 0 Å². The van der Waals surface area contributed by atoms with Crippen molar-refractivity contribution in [3.8, 4) is 12.3 Å². The average Bonchev–Trinajstić information content (AvgIpc) is 3.46. The SMILES string of the molecule is C#Cc1ccc(CC2CCC(C(C(=C)CCc3ccccc3)c3ccc(C4=CC(C)C=C4)cc3)CC2)cc1CCC(C)(C)C. The summed E-state index contributed by atoms with van der Waals surface area (Å²) in [6.07, 6.45) is 23.4. The third-order valence-electron chi connectivity index (χ3n) is 10.00. The second-order valence-corrected chi connectivity index (χ2v) is 14.8. The summed E-state index contributed by atoms with van der Waals surface area (Å²) in [5.41, 5.74) is 11.1. The maximum absolute atomic E-state index is 5.88. The Morgan fingerprint density at radius 1 is 0.909 bits per heavy atom. The van der Waals surface area contributed by atoms with Gasteiger partial charge in [-0.25, -0.2) is 0 Å². The lowest BCUT2D eigenvalue weighted by Crippen LogP contribution is -2.23. The highest BCUT2D eigenvalue weighted by Gasteiger charge is 2.30. The van der Waals surface area contributed by atoms with Crippen LogP contribution in [0, 0.1) is 35.5 Å². The molecular weight excluding hydrogens is 528 g/mol. The molecule has 228 valence electrons. The summed E-state index contributed by atoms with van der Waals surface area (Å²) in [4.78, 5) is 0. The molecule has 1 saturated carbocycles. The van der Waals surface area contributed by atoms with E-state index in [-0.39, 0.29) is 0 Å². The number of aryl methyl sites for hydroxylation is 2. The molecule has 2 atom stereocenters. The second kappa shape index (κ2) is 14.5. The third-order valence-corrected chi connectivity index (χ3v) is 10.00. The zero-order chi connectivity index (χ0) is 31.1. The van der Waals surface area contributed by atoms with E-state index in [1.165, 1.54) is 64.6 Å². The van der Waals surface area contributed by atoms with Crippen LogP contribution in [0.5, 0.6) is 0 Å². The summed E-state index contributed by atoms with van der Waals surface area (Å²) in [7, 11) is 0. The van der Waals surface area contributed by atoms with Gasteiger partial charge in [0.2, 0.25) is 0 Å². The fourth-order valence-corrected chi connectivity index (χ4v) is 7.36. The lowest BCUT2D eigenvalue weighted by Gasteiger charge is -2.36. The number of terminal acetylenes is 1. The van der Waals surface area contributed by atoms with E-state index in [2.05, 4.69) is 125 Å². The van der Waals surface area contributed by atoms with Gasteiger partial charge in [-0.3, -0.25) is 0 Å². The van der Waals surface area contributed by atoms with E-state index in [1.807, 2.05) is 0 Å². The van der Waals surface area contributed by atoms with E-state index < -0.39 is 0 Å². The standard InChI is InChI=1S/C44H52/c1-7-37-20-18-36(31-42(37)27-28-44(4,5)6)30-35-16-21-39(22-17-35)43(33(3)14-15-34-11-9-8-10-12-34)40-25-23-38(24-26-40)41-19-13-32(2)29-41/h1,8-13,18-20,23-26,29,31-32,35,39,43H,3,14-17,21-22,27-28,30H2,2,4-6H3. The zero-order valence-corrected chi connectivity index (χ0v) is 27.6. The smallest absolute Gasteiger partial charge is 0.0274 e. The third kappa shape index (κ3) is 8.54. The molecule has 5 rings (SSSR count). The van der Waals surface area contributed by atoms with Crippen LogP contribution < -0.4 is 0 Å². The summed E-state index contributed by atoms with van der Waals surface area (Å²) in [5, 5.41) is 0. The van der Waals surface area contributed by atoms with Crippen LogP contribution >= 0.6 is 0 Å². The largest absolute Gasteiger partial charge is 0.115 e. The number of benzene rings is 3. The van der Waals surface area contributed by atoms with Gasteiger partial charge in [0.05, 0.1) is 0 Å². The van der Waals surface area contributed by atoms with Crippen LogP contribution in [0.2, 0.25) is 0 Å². The molecule has 0 radical (unpaired) electrons. The molecule has 0 heterocycles. The molecule has 3 aromatic carbocycles. The second-order valence-electron chi connectivity index (χ2n) is 14.8. The monoisotopic (exact) mass is 580 g/mol. The molecule has 3 aromatic rings. The number of hydrogen-bond acceptors (Lipinski definition) is 0. The molecule has 2 aliphatic rings. The minimum Gasteiger partial charge on any atom is -0.115 e. The Bertz CT molecular complexity index is 1490. The normalized spacial score (nSPS) is 20.6. The van der Waals surface area contributed by atoms with Crippen LogP contribution in [0.4, 0.5) is 0 Å². The van der Waals surface area contributed by atoms with Gasteiger partial charge < -0.3 is 0 Å². The lowest BCUT2D eigenvalue weighted by molar-refractivity contribution is 0.252. The molecule has 0 bridgehead atoms. The molecular formula is C44H52. The van der Waals surface area contributed by atoms with Gasteiger partial charge in [0.1, 0.15) is 0 Å². The Labute approximate surface area is 268 Å². The zero-order valence-electron chi connectivity index (χ0n) is 27.6. The van der Waals surface area contributed by atoms with E-state index in [0.717, 1.165) is 43.6 Å². The van der Waals surface area contributed by atoms with Crippen LogP contribution in [0.25, 0.3) is 5.57 Å². The van der Waals surface area contributed by atoms with Gasteiger partial charge in [-0.15, -0.1) is 6.42 Å². The first kappa shape index (κ1) is 31.9. The molecule has 0 saturated heterocycles. The van der Waals surface area contributed by atoms with E-state index in [0.29, 0.717) is 23.2 Å². The molecule has 0 aromatic heterocycles. The quantitative estimate of drug-likeness (QED) is 0.156. The summed E-state index contributed by atoms with van der Waals surface area (Å²) in [6.45, 7) is 13.9. The van der Waals surface area contributed by atoms with Crippen molar-refractivity contribution in [1.29, 1.82) is 0 Å². The minimum atomic E-state index is 0.311. The van der Waals surface area contributed by atoms with Crippen LogP contribution in [-0.4, -0.2) is 0 Å². The van der Waals surface area contributed by atoms with Crippen molar-refractivity contribution >= 4 is 5.57 Å². The Hall–Kier alpha value is -3.56. The van der Waals surface area contributed by atoms with Crippen molar-refractivity contribution in [3.05, 3.63) is 137 Å². The molecule has 0 N–H and O–H groups in total. The van der Waals surface area contributed by atoms with Gasteiger partial charge >= 0.3 is 0 Å². The molecule has 0 heteroatoms. The predicted molar refractivity (Wildman–Crippen MR) is 191 cm³/mol. The topological polar surface area (TPSA) is 0 Å². The highest BCUT2D eigenvalue weighted by atomic mass is 14.3. The van der Waals surface area contributed by atoms with E-state index >= 15 is 0 Å². The number of allylic oxidation sites excluding steroid dienone is 5. The fraction of sp³-hybridized carbons (Fsp3) is 0.409. The van der Waals surface area contributed by atoms with Crippen molar-refractivity contribution < 1.29 is 0 Å². The van der Waals surface area contributed by atoms with Gasteiger partial charge in [-0.05, 0) is 120 Å². The molecule has 2 aliphatic carbocycles. The Kier molecular flexibility index (Phi) is 10.5. The number of rotatable bonds is 11. The summed E-state index contributed by atoms with van der Waals surface area (Å²) in [5.74, 6) is 5.26. The molecule has 44 heavy (non-hydrogen) atoms. The summed E-state index contributed by atoms with van der Waals surface area (Å²) in [6, 6.07) is 27.2. The van der Waals surface area contributed by atoms with Crippen LogP contribution in [0.15, 0.2) is 103 Å². The first-order valence-electron chi connectivity index (χ1n) is 17.0. The van der Waals surface area contributed by atoms with Gasteiger partial charge in [0.15, 0.2) is 0 Å². The highest BCUT2D eigenvalue weighted by molar-refractivity contribution is 5.76. The van der Waals surface area contributed by atoms with Gasteiger partial charge in [0, 0.05) is 11.5 Å². The molecule has 2 unspecified atom stereocenters. The van der Waals surface area contributed by atoms with Gasteiger partial charge in [-0.2, -0.15) is 0 Å². The molecule has 0 aliphatic heterocycles. The molecule has 1 fully saturated rings. The van der Waals surface area contributed by atoms with Gasteiger partial charge in [-0.1, -0.05) is 131 Å². The predicted octanol–water partition coefficient (Wildman–Crippen LogP) is 11.6.